The van der Waals surface area contributed by atoms with Gasteiger partial charge in [0.1, 0.15) is 47.7 Å². The van der Waals surface area contributed by atoms with E-state index in [1.54, 1.807) is 0 Å². The quantitative estimate of drug-likeness (QED) is 0.0898. The minimum absolute atomic E-state index is 0.964. The summed E-state index contributed by atoms with van der Waals surface area (Å²) in [7, 11) is 0. The summed E-state index contributed by atoms with van der Waals surface area (Å²) >= 11 is 12.6. The van der Waals surface area contributed by atoms with Gasteiger partial charge in [0.05, 0.1) is 0 Å². The minimum atomic E-state index is -1.82. The molecule has 12 rings (SSSR count). The minimum Gasteiger partial charge on any atom is -0.0622 e. The first-order chi connectivity index (χ1) is 39.8. The molecule has 6 heteroatoms. The number of halogens is 3. The summed E-state index contributed by atoms with van der Waals surface area (Å²) in [5.41, 5.74) is 8.05. The van der Waals surface area contributed by atoms with Crippen LogP contribution in [-0.4, -0.2) is 0 Å². The summed E-state index contributed by atoms with van der Waals surface area (Å²) in [6.07, 6.45) is 2.89. The van der Waals surface area contributed by atoms with Gasteiger partial charge in [-0.05, 0) is 162 Å². The van der Waals surface area contributed by atoms with Crippen LogP contribution in [0, 0.1) is 0 Å². The smallest absolute Gasteiger partial charge is 0.0622 e. The predicted octanol–water partition coefficient (Wildman–Crippen LogP) is 17.6. The third-order valence-corrected chi connectivity index (χ3v) is 34.4. The molecule has 0 aliphatic carbocycles. The first-order valence-electron chi connectivity index (χ1n) is 27.3. The molecule has 0 aromatic heterocycles. The first kappa shape index (κ1) is 57.6. The molecule has 0 bridgehead atoms. The molecule has 12 aromatic carbocycles. The number of rotatable bonds is 15. The standard InChI is InChI=1S/3C25H21BrP/c3*26-27(23-12-6-2-7-13-23,24-14-8-3-9-15-24)25-18-16-22(17-19-25)20-21-10-4-1-5-11-21/h3*1-19H,20H2/q3*+1. The van der Waals surface area contributed by atoms with Crippen LogP contribution in [0.3, 0.4) is 0 Å². The highest BCUT2D eigenvalue weighted by Crippen LogP contribution is 2.64. The van der Waals surface area contributed by atoms with Crippen molar-refractivity contribution >= 4 is 112 Å². The van der Waals surface area contributed by atoms with E-state index in [9.17, 15) is 0 Å². The predicted molar refractivity (Wildman–Crippen MR) is 370 cm³/mol. The second-order valence-electron chi connectivity index (χ2n) is 19.8. The van der Waals surface area contributed by atoms with Gasteiger partial charge in [0, 0.05) is 0 Å². The van der Waals surface area contributed by atoms with Gasteiger partial charge in [0.15, 0.2) is 64.4 Å². The Morgan fingerprint density at radius 1 is 0.148 bits per heavy atom. The lowest BCUT2D eigenvalue weighted by Gasteiger charge is -2.20. The monoisotopic (exact) mass is 1290 g/mol. The van der Waals surface area contributed by atoms with Gasteiger partial charge in [-0.15, -0.1) is 0 Å². The van der Waals surface area contributed by atoms with Crippen molar-refractivity contribution in [1.29, 1.82) is 0 Å². The van der Waals surface area contributed by atoms with Gasteiger partial charge in [0.2, 0.25) is 0 Å². The topological polar surface area (TPSA) is 0 Å². The lowest BCUT2D eigenvalue weighted by Crippen LogP contribution is -2.26. The molecule has 0 atom stereocenters. The van der Waals surface area contributed by atoms with Gasteiger partial charge in [-0.2, -0.15) is 0 Å². The van der Waals surface area contributed by atoms with Crippen LogP contribution in [0.2, 0.25) is 0 Å². The number of hydrogen-bond donors (Lipinski definition) is 0. The maximum absolute atomic E-state index is 4.21. The van der Waals surface area contributed by atoms with Crippen molar-refractivity contribution in [2.45, 2.75) is 19.3 Å². The lowest BCUT2D eigenvalue weighted by molar-refractivity contribution is 1.20. The van der Waals surface area contributed by atoms with Gasteiger partial charge in [0.25, 0.3) is 0 Å². The highest BCUT2D eigenvalue weighted by Gasteiger charge is 2.46. The van der Waals surface area contributed by atoms with Crippen molar-refractivity contribution in [3.05, 3.63) is 379 Å². The molecule has 0 radical (unpaired) electrons. The summed E-state index contributed by atoms with van der Waals surface area (Å²) in [6.45, 7) is 0. The molecule has 0 amide bonds. The van der Waals surface area contributed by atoms with Crippen molar-refractivity contribution < 1.29 is 0 Å². The zero-order valence-corrected chi connectivity index (χ0v) is 52.4. The molecule has 0 aliphatic heterocycles. The van der Waals surface area contributed by atoms with Gasteiger partial charge in [-0.3, -0.25) is 0 Å². The van der Waals surface area contributed by atoms with Crippen molar-refractivity contribution in [1.82, 2.24) is 0 Å². The van der Waals surface area contributed by atoms with Crippen molar-refractivity contribution in [3.63, 3.8) is 0 Å². The van der Waals surface area contributed by atoms with E-state index in [-0.39, 0.29) is 0 Å². The molecule has 0 saturated carbocycles. The van der Waals surface area contributed by atoms with E-state index in [0.717, 1.165) is 19.3 Å². The van der Waals surface area contributed by atoms with Crippen LogP contribution in [0.25, 0.3) is 0 Å². The van der Waals surface area contributed by atoms with Crippen molar-refractivity contribution in [2.75, 3.05) is 0 Å². The molecule has 81 heavy (non-hydrogen) atoms. The Morgan fingerprint density at radius 2 is 0.272 bits per heavy atom. The van der Waals surface area contributed by atoms with Crippen LogP contribution >= 0.6 is 64.4 Å². The normalized spacial score (nSPS) is 11.3. The van der Waals surface area contributed by atoms with E-state index >= 15 is 0 Å². The Bertz CT molecular complexity index is 3230. The van der Waals surface area contributed by atoms with E-state index in [1.807, 2.05) is 0 Å². The molecule has 0 nitrogen and oxygen atoms in total. The average molecular weight is 1300 g/mol. The summed E-state index contributed by atoms with van der Waals surface area (Å²) in [5, 5.41) is 12.1. The van der Waals surface area contributed by atoms with Gasteiger partial charge >= 0.3 is 0 Å². The average Bonchev–Trinajstić information content (AvgIpc) is 3.58. The molecule has 0 heterocycles. The SMILES string of the molecule is Br[P+](c1ccccc1)(c1ccccc1)c1ccc(Cc2ccccc2)cc1.Br[P+](c1ccccc1)(c1ccccc1)c1ccc(Cc2ccccc2)cc1.Br[P+](c1ccccc1)(c1ccccc1)c1ccc(Cc2ccccc2)cc1. The van der Waals surface area contributed by atoms with Crippen LogP contribution in [0.4, 0.5) is 0 Å². The van der Waals surface area contributed by atoms with Gasteiger partial charge in [-0.25, -0.2) is 0 Å². The number of hydrogen-bond acceptors (Lipinski definition) is 0. The van der Waals surface area contributed by atoms with Crippen LogP contribution < -0.4 is 47.7 Å². The molecule has 0 unspecified atom stereocenters. The highest BCUT2D eigenvalue weighted by molar-refractivity contribution is 9.45. The maximum atomic E-state index is 4.21. The third-order valence-electron chi connectivity index (χ3n) is 14.3. The zero-order chi connectivity index (χ0) is 55.6. The Morgan fingerprint density at radius 3 is 0.432 bits per heavy atom. The summed E-state index contributed by atoms with van der Waals surface area (Å²) in [4.78, 5) is 0. The molecule has 0 fully saturated rings. The molecular formula is C75H63Br3P3+3. The molecule has 396 valence electrons. The molecule has 0 saturated heterocycles. The summed E-state index contributed by atoms with van der Waals surface area (Å²) in [6, 6.07) is 124. The van der Waals surface area contributed by atoms with Crippen LogP contribution in [0.5, 0.6) is 0 Å². The Labute approximate surface area is 506 Å². The van der Waals surface area contributed by atoms with Crippen LogP contribution in [0.15, 0.2) is 346 Å². The molecular weight excluding hydrogens is 1230 g/mol. The zero-order valence-electron chi connectivity index (χ0n) is 45.0. The molecule has 0 N–H and O–H groups in total. The largest absolute Gasteiger partial charge is 0.181 e. The van der Waals surface area contributed by atoms with Gasteiger partial charge < -0.3 is 0 Å². The van der Waals surface area contributed by atoms with E-state index in [0.29, 0.717) is 0 Å². The third kappa shape index (κ3) is 14.4. The lowest BCUT2D eigenvalue weighted by atomic mass is 10.1. The maximum Gasteiger partial charge on any atom is 0.181 e. The second kappa shape index (κ2) is 28.4. The molecule has 12 aromatic rings. The fraction of sp³-hybridized carbons (Fsp3) is 0.0400. The first-order valence-corrected chi connectivity index (χ1v) is 38.7. The fourth-order valence-corrected chi connectivity index (χ4v) is 24.3. The van der Waals surface area contributed by atoms with Crippen molar-refractivity contribution in [3.8, 4) is 0 Å². The van der Waals surface area contributed by atoms with Crippen LogP contribution in [-0.2, 0) is 19.3 Å². The fourth-order valence-electron chi connectivity index (χ4n) is 10.1. The van der Waals surface area contributed by atoms with Gasteiger partial charge in [-0.1, -0.05) is 237 Å². The number of benzene rings is 12. The Kier molecular flexibility index (Phi) is 20.2. The Hall–Kier alpha value is -6.63. The molecule has 0 spiro atoms. The molecule has 0 aliphatic rings. The Balaban J connectivity index is 0.000000136. The van der Waals surface area contributed by atoms with E-state index in [2.05, 4.69) is 392 Å². The summed E-state index contributed by atoms with van der Waals surface area (Å²) in [5.74, 6) is -5.45. The van der Waals surface area contributed by atoms with E-state index < -0.39 is 17.9 Å². The van der Waals surface area contributed by atoms with E-state index in [4.69, 9.17) is 0 Å². The summed E-state index contributed by atoms with van der Waals surface area (Å²) < 4.78 is 0. The van der Waals surface area contributed by atoms with Crippen LogP contribution in [0.1, 0.15) is 33.4 Å². The van der Waals surface area contributed by atoms with Crippen molar-refractivity contribution in [2.24, 2.45) is 0 Å². The van der Waals surface area contributed by atoms with E-state index in [1.165, 1.54) is 81.1 Å². The second-order valence-corrected chi connectivity index (χ2v) is 37.5. The highest BCUT2D eigenvalue weighted by atomic mass is 79.9.